The predicted octanol–water partition coefficient (Wildman–Crippen LogP) is 3.22. The first-order valence-electron chi connectivity index (χ1n) is 10.1. The Kier molecular flexibility index (Phi) is 5.60. The van der Waals surface area contributed by atoms with E-state index in [1.54, 1.807) is 38.5 Å². The van der Waals surface area contributed by atoms with Gasteiger partial charge in [-0.05, 0) is 55.7 Å². The van der Waals surface area contributed by atoms with Crippen LogP contribution in [-0.4, -0.2) is 52.3 Å². The van der Waals surface area contributed by atoms with Gasteiger partial charge in [0.05, 0.1) is 31.7 Å². The largest absolute Gasteiger partial charge is 0.497 e. The van der Waals surface area contributed by atoms with Crippen molar-refractivity contribution >= 4 is 21.6 Å². The van der Waals surface area contributed by atoms with E-state index in [4.69, 9.17) is 9.47 Å². The number of anilines is 1. The summed E-state index contributed by atoms with van der Waals surface area (Å²) in [5, 5.41) is 0. The third-order valence-electron chi connectivity index (χ3n) is 5.81. The summed E-state index contributed by atoms with van der Waals surface area (Å²) in [5.41, 5.74) is 2.12. The quantitative estimate of drug-likeness (QED) is 0.728. The van der Waals surface area contributed by atoms with Gasteiger partial charge in [-0.1, -0.05) is 0 Å². The average Bonchev–Trinajstić information content (AvgIpc) is 3.38. The first-order chi connectivity index (χ1) is 14.4. The van der Waals surface area contributed by atoms with Crippen LogP contribution in [-0.2, 0) is 10.0 Å². The fourth-order valence-corrected chi connectivity index (χ4v) is 5.86. The Labute approximate surface area is 177 Å². The van der Waals surface area contributed by atoms with E-state index in [-0.39, 0.29) is 17.7 Å². The van der Waals surface area contributed by atoms with Crippen LogP contribution in [0.3, 0.4) is 0 Å². The molecule has 0 saturated carbocycles. The maximum absolute atomic E-state index is 13.2. The molecule has 2 aliphatic heterocycles. The van der Waals surface area contributed by atoms with Crippen molar-refractivity contribution in [2.45, 2.75) is 25.3 Å². The molecule has 0 spiro atoms. The lowest BCUT2D eigenvalue weighted by Gasteiger charge is -2.27. The van der Waals surface area contributed by atoms with Crippen molar-refractivity contribution in [1.29, 1.82) is 0 Å². The summed E-state index contributed by atoms with van der Waals surface area (Å²) in [6.45, 7) is 1.15. The van der Waals surface area contributed by atoms with E-state index in [1.165, 1.54) is 4.31 Å². The lowest BCUT2D eigenvalue weighted by atomic mass is 10.0. The van der Waals surface area contributed by atoms with E-state index >= 15 is 0 Å². The molecular formula is C22H26N2O5S. The number of ether oxygens (including phenoxy) is 2. The van der Waals surface area contributed by atoms with Crippen LogP contribution in [0.15, 0.2) is 42.5 Å². The number of nitrogens with zero attached hydrogens (tertiary/aromatic N) is 2. The minimum absolute atomic E-state index is 0.0637. The topological polar surface area (TPSA) is 76.2 Å². The van der Waals surface area contributed by atoms with Crippen molar-refractivity contribution in [3.8, 4) is 11.5 Å². The van der Waals surface area contributed by atoms with E-state index in [1.807, 2.05) is 23.1 Å². The lowest BCUT2D eigenvalue weighted by Crippen LogP contribution is -2.31. The molecule has 7 nitrogen and oxygen atoms in total. The van der Waals surface area contributed by atoms with Gasteiger partial charge in [-0.25, -0.2) is 8.42 Å². The van der Waals surface area contributed by atoms with E-state index in [2.05, 4.69) is 0 Å². The SMILES string of the molecule is COc1ccc(C2CCCN2C(=O)c2ccc(N3CCCS3(=O)=O)cc2)c(OC)c1. The highest BCUT2D eigenvalue weighted by Gasteiger charge is 2.33. The smallest absolute Gasteiger partial charge is 0.254 e. The summed E-state index contributed by atoms with van der Waals surface area (Å²) < 4.78 is 36.5. The number of carbonyl (C=O) groups is 1. The zero-order valence-electron chi connectivity index (χ0n) is 17.2. The molecule has 1 atom stereocenters. The number of likely N-dealkylation sites (tertiary alicyclic amines) is 1. The maximum Gasteiger partial charge on any atom is 0.254 e. The molecule has 1 amide bonds. The van der Waals surface area contributed by atoms with Gasteiger partial charge in [0, 0.05) is 30.3 Å². The van der Waals surface area contributed by atoms with E-state index in [9.17, 15) is 13.2 Å². The number of hydrogen-bond donors (Lipinski definition) is 0. The lowest BCUT2D eigenvalue weighted by molar-refractivity contribution is 0.0734. The summed E-state index contributed by atoms with van der Waals surface area (Å²) >= 11 is 0. The highest BCUT2D eigenvalue weighted by atomic mass is 32.2. The van der Waals surface area contributed by atoms with Crippen molar-refractivity contribution in [2.24, 2.45) is 0 Å². The van der Waals surface area contributed by atoms with Gasteiger partial charge in [-0.15, -0.1) is 0 Å². The van der Waals surface area contributed by atoms with Crippen molar-refractivity contribution in [1.82, 2.24) is 4.90 Å². The molecule has 0 aromatic heterocycles. The third-order valence-corrected chi connectivity index (χ3v) is 7.68. The van der Waals surface area contributed by atoms with E-state index < -0.39 is 10.0 Å². The minimum Gasteiger partial charge on any atom is -0.497 e. The van der Waals surface area contributed by atoms with Crippen LogP contribution < -0.4 is 13.8 Å². The van der Waals surface area contributed by atoms with Crippen LogP contribution in [0.2, 0.25) is 0 Å². The highest BCUT2D eigenvalue weighted by Crippen LogP contribution is 2.39. The van der Waals surface area contributed by atoms with Gasteiger partial charge in [-0.2, -0.15) is 0 Å². The summed E-state index contributed by atoms with van der Waals surface area (Å²) in [5.74, 6) is 1.52. The van der Waals surface area contributed by atoms with E-state index in [0.29, 0.717) is 42.3 Å². The summed E-state index contributed by atoms with van der Waals surface area (Å²) in [7, 11) is -0.00970. The third kappa shape index (κ3) is 3.71. The Morgan fingerprint density at radius 3 is 2.40 bits per heavy atom. The molecule has 160 valence electrons. The number of rotatable bonds is 5. The fourth-order valence-electron chi connectivity index (χ4n) is 4.29. The molecule has 2 saturated heterocycles. The molecular weight excluding hydrogens is 404 g/mol. The Morgan fingerprint density at radius 1 is 1.00 bits per heavy atom. The molecule has 0 bridgehead atoms. The van der Waals surface area contributed by atoms with Gasteiger partial charge < -0.3 is 14.4 Å². The average molecular weight is 431 g/mol. The van der Waals surface area contributed by atoms with Gasteiger partial charge in [0.1, 0.15) is 11.5 Å². The monoisotopic (exact) mass is 430 g/mol. The van der Waals surface area contributed by atoms with Crippen LogP contribution in [0.5, 0.6) is 11.5 Å². The van der Waals surface area contributed by atoms with Crippen molar-refractivity contribution in [3.05, 3.63) is 53.6 Å². The van der Waals surface area contributed by atoms with Gasteiger partial charge >= 0.3 is 0 Å². The molecule has 2 aromatic rings. The molecule has 0 N–H and O–H groups in total. The van der Waals surface area contributed by atoms with Crippen LogP contribution >= 0.6 is 0 Å². The Morgan fingerprint density at radius 2 is 1.77 bits per heavy atom. The van der Waals surface area contributed by atoms with Crippen molar-refractivity contribution in [2.75, 3.05) is 37.4 Å². The fraction of sp³-hybridized carbons (Fsp3) is 0.409. The Bertz CT molecular complexity index is 1040. The van der Waals surface area contributed by atoms with Gasteiger partial charge in [0.15, 0.2) is 0 Å². The van der Waals surface area contributed by atoms with Crippen LogP contribution in [0, 0.1) is 0 Å². The summed E-state index contributed by atoms with van der Waals surface area (Å²) in [6.07, 6.45) is 2.40. The second-order valence-corrected chi connectivity index (χ2v) is 9.57. The first kappa shape index (κ1) is 20.5. The molecule has 2 aromatic carbocycles. The molecule has 2 fully saturated rings. The van der Waals surface area contributed by atoms with Gasteiger partial charge in [0.25, 0.3) is 5.91 Å². The molecule has 1 unspecified atom stereocenters. The molecule has 2 heterocycles. The number of benzene rings is 2. The number of hydrogen-bond acceptors (Lipinski definition) is 5. The second kappa shape index (κ2) is 8.18. The number of methoxy groups -OCH3 is 2. The zero-order valence-corrected chi connectivity index (χ0v) is 18.0. The normalized spacial score (nSPS) is 20.4. The Balaban J connectivity index is 1.57. The number of amides is 1. The highest BCUT2D eigenvalue weighted by molar-refractivity contribution is 7.93. The zero-order chi connectivity index (χ0) is 21.3. The molecule has 0 aliphatic carbocycles. The molecule has 2 aliphatic rings. The molecule has 30 heavy (non-hydrogen) atoms. The van der Waals surface area contributed by atoms with Crippen molar-refractivity contribution in [3.63, 3.8) is 0 Å². The van der Waals surface area contributed by atoms with Crippen molar-refractivity contribution < 1.29 is 22.7 Å². The number of carbonyl (C=O) groups excluding carboxylic acids is 1. The first-order valence-corrected chi connectivity index (χ1v) is 11.7. The second-order valence-electron chi connectivity index (χ2n) is 7.55. The molecule has 8 heteroatoms. The van der Waals surface area contributed by atoms with Gasteiger partial charge in [-0.3, -0.25) is 9.10 Å². The van der Waals surface area contributed by atoms with Crippen LogP contribution in [0.4, 0.5) is 5.69 Å². The van der Waals surface area contributed by atoms with Crippen LogP contribution in [0.1, 0.15) is 41.2 Å². The van der Waals surface area contributed by atoms with E-state index in [0.717, 1.165) is 18.4 Å². The Hall–Kier alpha value is -2.74. The maximum atomic E-state index is 13.2. The molecule has 0 radical (unpaired) electrons. The molecule has 4 rings (SSSR count). The minimum atomic E-state index is -3.23. The van der Waals surface area contributed by atoms with Gasteiger partial charge in [0.2, 0.25) is 10.0 Å². The van der Waals surface area contributed by atoms with Crippen LogP contribution in [0.25, 0.3) is 0 Å². The summed E-state index contributed by atoms with van der Waals surface area (Å²) in [4.78, 5) is 15.1. The summed E-state index contributed by atoms with van der Waals surface area (Å²) in [6, 6.07) is 12.5. The standard InChI is InChI=1S/C22H26N2O5S/c1-28-18-10-11-19(21(15-18)29-2)20-5-3-12-23(20)22(25)16-6-8-17(9-7-16)24-13-4-14-30(24,26)27/h6-11,15,20H,3-5,12-14H2,1-2H3. The predicted molar refractivity (Wildman–Crippen MR) is 115 cm³/mol. The number of sulfonamides is 1.